The van der Waals surface area contributed by atoms with E-state index in [0.29, 0.717) is 6.04 Å². The lowest BCUT2D eigenvalue weighted by molar-refractivity contribution is -0.0782. The lowest BCUT2D eigenvalue weighted by atomic mass is 9.78. The van der Waals surface area contributed by atoms with Crippen molar-refractivity contribution < 1.29 is 4.74 Å². The van der Waals surface area contributed by atoms with Crippen molar-refractivity contribution in [1.29, 1.82) is 0 Å². The molecule has 4 atom stereocenters. The summed E-state index contributed by atoms with van der Waals surface area (Å²) in [6, 6.07) is 0.298. The fourth-order valence-corrected chi connectivity index (χ4v) is 4.74. The van der Waals surface area contributed by atoms with Crippen molar-refractivity contribution in [3.8, 4) is 0 Å². The van der Waals surface area contributed by atoms with Crippen LogP contribution >= 0.6 is 0 Å². The molecule has 0 amide bonds. The summed E-state index contributed by atoms with van der Waals surface area (Å²) in [7, 11) is 0. The predicted molar refractivity (Wildman–Crippen MR) is 79.6 cm³/mol. The van der Waals surface area contributed by atoms with Crippen LogP contribution in [0, 0.1) is 17.8 Å². The molecule has 2 bridgehead atoms. The summed E-state index contributed by atoms with van der Waals surface area (Å²) in [5.41, 5.74) is 3.01. The maximum absolute atomic E-state index is 6.13. The van der Waals surface area contributed by atoms with Gasteiger partial charge >= 0.3 is 0 Å². The highest BCUT2D eigenvalue weighted by Crippen LogP contribution is 2.50. The molecule has 0 aromatic rings. The van der Waals surface area contributed by atoms with E-state index in [4.69, 9.17) is 10.6 Å². The first-order valence-electron chi connectivity index (χ1n) is 8.29. The first-order valence-corrected chi connectivity index (χ1v) is 8.29. The normalized spacial score (nSPS) is 31.9. The number of fused-ring (bicyclic) bond motifs is 2. The van der Waals surface area contributed by atoms with E-state index in [1.165, 1.54) is 32.1 Å². The lowest BCUT2D eigenvalue weighted by Gasteiger charge is -2.41. The number of hydrogen-bond donors (Lipinski definition) is 2. The molecule has 19 heavy (non-hydrogen) atoms. The van der Waals surface area contributed by atoms with Crippen LogP contribution in [0.3, 0.4) is 0 Å². The lowest BCUT2D eigenvalue weighted by Crippen LogP contribution is -2.55. The Morgan fingerprint density at radius 1 is 1.21 bits per heavy atom. The molecule has 2 fully saturated rings. The summed E-state index contributed by atoms with van der Waals surface area (Å²) >= 11 is 0. The molecule has 2 aliphatic carbocycles. The maximum Gasteiger partial charge on any atom is 0.0842 e. The first kappa shape index (κ1) is 15.3. The Morgan fingerprint density at radius 2 is 1.95 bits per heavy atom. The summed E-state index contributed by atoms with van der Waals surface area (Å²) in [6.45, 7) is 7.32. The number of nitrogens with one attached hydrogen (secondary N) is 1. The summed E-state index contributed by atoms with van der Waals surface area (Å²) in [5.74, 6) is 8.74. The van der Waals surface area contributed by atoms with E-state index in [-0.39, 0.29) is 5.60 Å². The van der Waals surface area contributed by atoms with E-state index in [1.807, 2.05) is 0 Å². The fraction of sp³-hybridized carbons (Fsp3) is 1.00. The Kier molecular flexibility index (Phi) is 5.27. The van der Waals surface area contributed by atoms with E-state index in [1.54, 1.807) is 0 Å². The molecule has 2 aliphatic rings. The van der Waals surface area contributed by atoms with Crippen LogP contribution in [0.2, 0.25) is 0 Å². The molecule has 3 heteroatoms. The number of hydrogen-bond acceptors (Lipinski definition) is 3. The smallest absolute Gasteiger partial charge is 0.0842 e. The van der Waals surface area contributed by atoms with Crippen LogP contribution in [0.15, 0.2) is 0 Å². The molecule has 4 unspecified atom stereocenters. The second-order valence-corrected chi connectivity index (χ2v) is 6.59. The molecule has 0 aliphatic heterocycles. The highest BCUT2D eigenvalue weighted by molar-refractivity contribution is 4.97. The predicted octanol–water partition coefficient (Wildman–Crippen LogP) is 3.24. The van der Waals surface area contributed by atoms with Crippen molar-refractivity contribution in [2.45, 2.75) is 77.4 Å². The number of nitrogens with two attached hydrogens (primary N) is 1. The Morgan fingerprint density at radius 3 is 2.37 bits per heavy atom. The van der Waals surface area contributed by atoms with Crippen LogP contribution in [0.5, 0.6) is 0 Å². The highest BCUT2D eigenvalue weighted by Gasteiger charge is 2.44. The van der Waals surface area contributed by atoms with Gasteiger partial charge in [0.1, 0.15) is 0 Å². The van der Waals surface area contributed by atoms with Gasteiger partial charge in [-0.25, -0.2) is 0 Å². The van der Waals surface area contributed by atoms with Gasteiger partial charge in [-0.15, -0.1) is 0 Å². The zero-order chi connectivity index (χ0) is 13.9. The van der Waals surface area contributed by atoms with Crippen LogP contribution in [0.4, 0.5) is 0 Å². The SMILES string of the molecule is CCOC(CC)(CC)C(CC1CC2CCC1C2)NN. The van der Waals surface area contributed by atoms with Crippen LogP contribution in [-0.2, 0) is 4.74 Å². The monoisotopic (exact) mass is 268 g/mol. The zero-order valence-electron chi connectivity index (χ0n) is 13.0. The Labute approximate surface area is 118 Å². The molecule has 112 valence electrons. The largest absolute Gasteiger partial charge is 0.374 e. The Hall–Kier alpha value is -0.120. The van der Waals surface area contributed by atoms with E-state index < -0.39 is 0 Å². The number of ether oxygens (including phenoxy) is 1. The Bertz CT molecular complexity index is 278. The van der Waals surface area contributed by atoms with Crippen molar-refractivity contribution in [3.05, 3.63) is 0 Å². The van der Waals surface area contributed by atoms with Gasteiger partial charge in [0.15, 0.2) is 0 Å². The maximum atomic E-state index is 6.13. The first-order chi connectivity index (χ1) is 9.19. The quantitative estimate of drug-likeness (QED) is 0.525. The van der Waals surface area contributed by atoms with Gasteiger partial charge in [0.25, 0.3) is 0 Å². The second-order valence-electron chi connectivity index (χ2n) is 6.59. The molecule has 2 rings (SSSR count). The van der Waals surface area contributed by atoms with Crippen LogP contribution in [0.25, 0.3) is 0 Å². The van der Waals surface area contributed by atoms with E-state index in [0.717, 1.165) is 37.2 Å². The van der Waals surface area contributed by atoms with E-state index >= 15 is 0 Å². The molecule has 2 saturated carbocycles. The zero-order valence-corrected chi connectivity index (χ0v) is 13.0. The van der Waals surface area contributed by atoms with Gasteiger partial charge in [-0.05, 0) is 63.2 Å². The van der Waals surface area contributed by atoms with Gasteiger partial charge in [-0.1, -0.05) is 20.3 Å². The molecule has 0 radical (unpaired) electrons. The van der Waals surface area contributed by atoms with Crippen molar-refractivity contribution in [2.75, 3.05) is 6.61 Å². The molecule has 0 aromatic heterocycles. The van der Waals surface area contributed by atoms with E-state index in [2.05, 4.69) is 26.2 Å². The van der Waals surface area contributed by atoms with Crippen molar-refractivity contribution in [3.63, 3.8) is 0 Å². The molecule has 3 nitrogen and oxygen atoms in total. The third kappa shape index (κ3) is 2.98. The molecule has 0 aromatic carbocycles. The summed E-state index contributed by atoms with van der Waals surface area (Å²) in [6.07, 6.45) is 9.09. The third-order valence-electron chi connectivity index (χ3n) is 5.89. The van der Waals surface area contributed by atoms with Gasteiger partial charge in [0.05, 0.1) is 11.6 Å². The van der Waals surface area contributed by atoms with Crippen molar-refractivity contribution in [1.82, 2.24) is 5.43 Å². The molecule has 0 spiro atoms. The van der Waals surface area contributed by atoms with Gasteiger partial charge in [0.2, 0.25) is 0 Å². The van der Waals surface area contributed by atoms with Crippen molar-refractivity contribution >= 4 is 0 Å². The topological polar surface area (TPSA) is 47.3 Å². The number of rotatable bonds is 8. The van der Waals surface area contributed by atoms with Gasteiger partial charge < -0.3 is 4.74 Å². The molecule has 0 saturated heterocycles. The summed E-state index contributed by atoms with van der Waals surface area (Å²) in [5, 5.41) is 0. The minimum absolute atomic E-state index is 0.0780. The molecule has 0 heterocycles. The van der Waals surface area contributed by atoms with Gasteiger partial charge in [0, 0.05) is 6.61 Å². The van der Waals surface area contributed by atoms with Gasteiger partial charge in [-0.3, -0.25) is 11.3 Å². The average molecular weight is 268 g/mol. The standard InChI is InChI=1S/C16H32N2O/c1-4-16(5-2,19-6-3)15(18-17)11-14-10-12-7-8-13(14)9-12/h12-15,18H,4-11,17H2,1-3H3. The summed E-state index contributed by atoms with van der Waals surface area (Å²) in [4.78, 5) is 0. The van der Waals surface area contributed by atoms with Crippen LogP contribution < -0.4 is 11.3 Å². The van der Waals surface area contributed by atoms with Gasteiger partial charge in [-0.2, -0.15) is 0 Å². The Balaban J connectivity index is 2.01. The minimum atomic E-state index is -0.0780. The average Bonchev–Trinajstić information content (AvgIpc) is 3.05. The summed E-state index contributed by atoms with van der Waals surface area (Å²) < 4.78 is 6.13. The second kappa shape index (κ2) is 6.55. The van der Waals surface area contributed by atoms with Crippen molar-refractivity contribution in [2.24, 2.45) is 23.6 Å². The fourth-order valence-electron chi connectivity index (χ4n) is 4.74. The molecular formula is C16H32N2O. The minimum Gasteiger partial charge on any atom is -0.374 e. The third-order valence-corrected chi connectivity index (χ3v) is 5.89. The number of hydrazine groups is 1. The van der Waals surface area contributed by atoms with Crippen LogP contribution in [0.1, 0.15) is 65.7 Å². The van der Waals surface area contributed by atoms with Crippen LogP contribution in [-0.4, -0.2) is 18.2 Å². The van der Waals surface area contributed by atoms with E-state index in [9.17, 15) is 0 Å². The highest BCUT2D eigenvalue weighted by atomic mass is 16.5. The molecular weight excluding hydrogens is 236 g/mol. The molecule has 3 N–H and O–H groups in total.